The van der Waals surface area contributed by atoms with E-state index in [2.05, 4.69) is 64.4 Å². The molecule has 1 fully saturated rings. The Hall–Kier alpha value is -1.49. The van der Waals surface area contributed by atoms with Crippen molar-refractivity contribution in [2.45, 2.75) is 28.8 Å². The van der Waals surface area contributed by atoms with Gasteiger partial charge in [0.2, 0.25) is 0 Å². The Labute approximate surface area is 192 Å². The number of benzene rings is 3. The van der Waals surface area contributed by atoms with Crippen LogP contribution in [0.15, 0.2) is 76.5 Å². The second-order valence-corrected chi connectivity index (χ2v) is 10.0. The Bertz CT molecular complexity index is 1030. The molecular weight excluding hydrogens is 431 g/mol. The van der Waals surface area contributed by atoms with E-state index in [9.17, 15) is 0 Å². The lowest BCUT2D eigenvalue weighted by atomic mass is 9.96. The summed E-state index contributed by atoms with van der Waals surface area (Å²) in [6.07, 6.45) is 0.982. The van der Waals surface area contributed by atoms with Crippen LogP contribution in [0.4, 0.5) is 0 Å². The molecule has 2 aliphatic heterocycles. The summed E-state index contributed by atoms with van der Waals surface area (Å²) in [6.45, 7) is 5.34. The summed E-state index contributed by atoms with van der Waals surface area (Å²) in [5.41, 5.74) is 4.10. The zero-order valence-electron chi connectivity index (χ0n) is 16.7. The van der Waals surface area contributed by atoms with Crippen molar-refractivity contribution in [2.24, 2.45) is 0 Å². The standard InChI is InChI=1S/C25H24Cl2N2S/c26-20-7-9-24-19(14-20)15-23(22-8-6-21(27)16-25(22)30-24)29-12-10-28(11-13-29)17-18-4-2-1-3-5-18/h1-9,14,16,23H,10-13,15,17H2. The quantitative estimate of drug-likeness (QED) is 0.442. The Morgan fingerprint density at radius 2 is 1.53 bits per heavy atom. The highest BCUT2D eigenvalue weighted by Gasteiger charge is 2.30. The average molecular weight is 455 g/mol. The van der Waals surface area contributed by atoms with Gasteiger partial charge in [-0.25, -0.2) is 0 Å². The third kappa shape index (κ3) is 4.42. The largest absolute Gasteiger partial charge is 0.297 e. The molecule has 30 heavy (non-hydrogen) atoms. The molecule has 1 atom stereocenters. The number of nitrogens with zero attached hydrogens (tertiary/aromatic N) is 2. The van der Waals surface area contributed by atoms with E-state index in [0.29, 0.717) is 6.04 Å². The smallest absolute Gasteiger partial charge is 0.0417 e. The number of piperazine rings is 1. The summed E-state index contributed by atoms with van der Waals surface area (Å²) in [6, 6.07) is 23.8. The number of hydrogen-bond acceptors (Lipinski definition) is 3. The van der Waals surface area contributed by atoms with Crippen molar-refractivity contribution in [1.29, 1.82) is 0 Å². The molecule has 3 aromatic carbocycles. The van der Waals surface area contributed by atoms with E-state index in [1.807, 2.05) is 23.9 Å². The van der Waals surface area contributed by atoms with E-state index >= 15 is 0 Å². The maximum Gasteiger partial charge on any atom is 0.0417 e. The lowest BCUT2D eigenvalue weighted by Crippen LogP contribution is -2.47. The van der Waals surface area contributed by atoms with Crippen molar-refractivity contribution in [3.63, 3.8) is 0 Å². The fraction of sp³-hybridized carbons (Fsp3) is 0.280. The minimum Gasteiger partial charge on any atom is -0.297 e. The Balaban J connectivity index is 1.38. The number of rotatable bonds is 3. The predicted octanol–water partition coefficient (Wildman–Crippen LogP) is 6.56. The minimum absolute atomic E-state index is 0.350. The maximum absolute atomic E-state index is 6.36. The molecule has 0 amide bonds. The van der Waals surface area contributed by atoms with Crippen LogP contribution in [0.3, 0.4) is 0 Å². The van der Waals surface area contributed by atoms with Gasteiger partial charge in [0, 0.05) is 58.6 Å². The van der Waals surface area contributed by atoms with E-state index in [4.69, 9.17) is 23.2 Å². The molecule has 5 heteroatoms. The Morgan fingerprint density at radius 1 is 0.800 bits per heavy atom. The molecule has 1 saturated heterocycles. The van der Waals surface area contributed by atoms with Crippen LogP contribution in [0.5, 0.6) is 0 Å². The summed E-state index contributed by atoms with van der Waals surface area (Å²) in [7, 11) is 0. The van der Waals surface area contributed by atoms with Gasteiger partial charge in [-0.3, -0.25) is 9.80 Å². The Kier molecular flexibility index (Phi) is 6.08. The van der Waals surface area contributed by atoms with Crippen LogP contribution < -0.4 is 0 Å². The predicted molar refractivity (Wildman–Crippen MR) is 127 cm³/mol. The first-order valence-corrected chi connectivity index (χ1v) is 12.0. The molecule has 0 bridgehead atoms. The zero-order valence-corrected chi connectivity index (χ0v) is 19.1. The van der Waals surface area contributed by atoms with E-state index in [1.54, 1.807) is 0 Å². The molecule has 0 N–H and O–H groups in total. The number of hydrogen-bond donors (Lipinski definition) is 0. The van der Waals surface area contributed by atoms with Crippen molar-refractivity contribution in [3.8, 4) is 0 Å². The van der Waals surface area contributed by atoms with Crippen molar-refractivity contribution < 1.29 is 0 Å². The highest BCUT2D eigenvalue weighted by Crippen LogP contribution is 2.44. The first kappa shape index (κ1) is 20.4. The third-order valence-electron chi connectivity index (χ3n) is 6.09. The SMILES string of the molecule is Clc1ccc2c(c1)CC(N1CCN(Cc3ccccc3)CC1)c1ccc(Cl)cc1S2. The van der Waals surface area contributed by atoms with Gasteiger partial charge in [0.1, 0.15) is 0 Å². The zero-order chi connectivity index (χ0) is 20.5. The molecule has 0 saturated carbocycles. The second-order valence-electron chi connectivity index (χ2n) is 8.05. The van der Waals surface area contributed by atoms with Gasteiger partial charge < -0.3 is 0 Å². The van der Waals surface area contributed by atoms with Crippen LogP contribution in [-0.2, 0) is 13.0 Å². The summed E-state index contributed by atoms with van der Waals surface area (Å²) >= 11 is 14.5. The molecule has 5 rings (SSSR count). The van der Waals surface area contributed by atoms with Gasteiger partial charge in [-0.1, -0.05) is 71.4 Å². The van der Waals surface area contributed by atoms with Crippen molar-refractivity contribution in [3.05, 3.63) is 93.5 Å². The molecular formula is C25H24Cl2N2S. The summed E-state index contributed by atoms with van der Waals surface area (Å²) in [4.78, 5) is 7.75. The Morgan fingerprint density at radius 3 is 2.33 bits per heavy atom. The molecule has 2 nitrogen and oxygen atoms in total. The maximum atomic E-state index is 6.36. The van der Waals surface area contributed by atoms with Gasteiger partial charge in [-0.15, -0.1) is 0 Å². The van der Waals surface area contributed by atoms with Crippen LogP contribution in [0, 0.1) is 0 Å². The first-order chi connectivity index (χ1) is 14.7. The van der Waals surface area contributed by atoms with Gasteiger partial charge in [-0.05, 0) is 53.4 Å². The molecule has 0 aromatic heterocycles. The highest BCUT2D eigenvalue weighted by molar-refractivity contribution is 7.99. The summed E-state index contributed by atoms with van der Waals surface area (Å²) < 4.78 is 0. The fourth-order valence-corrected chi connectivity index (χ4v) is 6.10. The van der Waals surface area contributed by atoms with E-state index in [1.165, 1.54) is 26.5 Å². The number of halogens is 2. The fourth-order valence-electron chi connectivity index (χ4n) is 4.52. The highest BCUT2D eigenvalue weighted by atomic mass is 35.5. The molecule has 0 radical (unpaired) electrons. The monoisotopic (exact) mass is 454 g/mol. The normalized spacial score (nSPS) is 19.7. The van der Waals surface area contributed by atoms with Crippen LogP contribution in [0.25, 0.3) is 0 Å². The van der Waals surface area contributed by atoms with Gasteiger partial charge in [0.05, 0.1) is 0 Å². The summed E-state index contributed by atoms with van der Waals surface area (Å²) in [5.74, 6) is 0. The van der Waals surface area contributed by atoms with E-state index in [-0.39, 0.29) is 0 Å². The minimum atomic E-state index is 0.350. The second kappa shape index (κ2) is 8.94. The summed E-state index contributed by atoms with van der Waals surface area (Å²) in [5, 5.41) is 1.61. The van der Waals surface area contributed by atoms with Gasteiger partial charge >= 0.3 is 0 Å². The first-order valence-electron chi connectivity index (χ1n) is 10.4. The van der Waals surface area contributed by atoms with Gasteiger partial charge in [0.15, 0.2) is 0 Å². The van der Waals surface area contributed by atoms with Crippen LogP contribution in [0.1, 0.15) is 22.7 Å². The molecule has 0 spiro atoms. The molecule has 2 aliphatic rings. The molecule has 3 aromatic rings. The average Bonchev–Trinajstić information content (AvgIpc) is 2.91. The number of fused-ring (bicyclic) bond motifs is 2. The van der Waals surface area contributed by atoms with Crippen LogP contribution >= 0.6 is 35.0 Å². The lowest BCUT2D eigenvalue weighted by molar-refractivity contribution is 0.0902. The van der Waals surface area contributed by atoms with E-state index < -0.39 is 0 Å². The van der Waals surface area contributed by atoms with E-state index in [0.717, 1.165) is 49.2 Å². The van der Waals surface area contributed by atoms with Crippen molar-refractivity contribution in [2.75, 3.05) is 26.2 Å². The topological polar surface area (TPSA) is 6.48 Å². The van der Waals surface area contributed by atoms with Crippen molar-refractivity contribution in [1.82, 2.24) is 9.80 Å². The van der Waals surface area contributed by atoms with Crippen LogP contribution in [0.2, 0.25) is 10.0 Å². The van der Waals surface area contributed by atoms with Gasteiger partial charge in [0.25, 0.3) is 0 Å². The molecule has 154 valence electrons. The van der Waals surface area contributed by atoms with Crippen molar-refractivity contribution >= 4 is 35.0 Å². The molecule has 0 aliphatic carbocycles. The lowest BCUT2D eigenvalue weighted by Gasteiger charge is -2.39. The molecule has 1 unspecified atom stereocenters. The third-order valence-corrected chi connectivity index (χ3v) is 7.75. The molecule has 2 heterocycles. The van der Waals surface area contributed by atoms with Crippen LogP contribution in [-0.4, -0.2) is 36.0 Å². The van der Waals surface area contributed by atoms with Gasteiger partial charge in [-0.2, -0.15) is 0 Å².